The Morgan fingerprint density at radius 3 is 1.17 bits per heavy atom. The zero-order valence-electron chi connectivity index (χ0n) is 23.6. The van der Waals surface area contributed by atoms with E-state index in [1.165, 1.54) is 38.5 Å². The number of ketones is 1. The molecule has 0 aliphatic heterocycles. The molecule has 0 spiro atoms. The molecular formula is C35H34Cl2O5. The summed E-state index contributed by atoms with van der Waals surface area (Å²) in [6.45, 7) is 0. The van der Waals surface area contributed by atoms with Crippen LogP contribution in [0.15, 0.2) is 24.3 Å². The monoisotopic (exact) mass is 604 g/mol. The maximum atomic E-state index is 13.7. The molecule has 0 amide bonds. The Labute approximate surface area is 255 Å². The molecule has 0 radical (unpaired) electrons. The zero-order chi connectivity index (χ0) is 28.5. The van der Waals surface area contributed by atoms with Gasteiger partial charge < -0.3 is 9.47 Å². The van der Waals surface area contributed by atoms with Crippen LogP contribution >= 0.6 is 23.2 Å². The molecule has 8 bridgehead atoms. The number of halogens is 2. The first kappa shape index (κ1) is 26.1. The number of carbonyl (C=O) groups excluding carboxylic acids is 3. The highest BCUT2D eigenvalue weighted by molar-refractivity contribution is 6.35. The predicted molar refractivity (Wildman–Crippen MR) is 158 cm³/mol. The highest BCUT2D eigenvalue weighted by Crippen LogP contribution is 2.62. The first-order valence-corrected chi connectivity index (χ1v) is 16.6. The molecule has 2 aromatic carbocycles. The van der Waals surface area contributed by atoms with Crippen molar-refractivity contribution in [3.05, 3.63) is 45.4 Å². The predicted octanol–water partition coefficient (Wildman–Crippen LogP) is 8.45. The summed E-state index contributed by atoms with van der Waals surface area (Å²) in [6, 6.07) is 6.60. The molecule has 0 atom stereocenters. The molecule has 218 valence electrons. The van der Waals surface area contributed by atoms with Crippen molar-refractivity contribution in [2.24, 2.45) is 46.3 Å². The summed E-state index contributed by atoms with van der Waals surface area (Å²) in [4.78, 5) is 40.9. The van der Waals surface area contributed by atoms with Crippen molar-refractivity contribution in [1.82, 2.24) is 0 Å². The normalized spacial score (nSPS) is 38.0. The third-order valence-electron chi connectivity index (χ3n) is 12.3. The maximum absolute atomic E-state index is 13.7. The number of hydrogen-bond donors (Lipinski definition) is 0. The van der Waals surface area contributed by atoms with Gasteiger partial charge in [0.2, 0.25) is 0 Å². The van der Waals surface area contributed by atoms with Gasteiger partial charge in [-0.3, -0.25) is 14.4 Å². The minimum atomic E-state index is -0.424. The van der Waals surface area contributed by atoms with Crippen LogP contribution in [0.25, 0.3) is 11.1 Å². The highest BCUT2D eigenvalue weighted by Gasteiger charge is 2.57. The van der Waals surface area contributed by atoms with E-state index in [4.69, 9.17) is 32.7 Å². The molecule has 9 aliphatic carbocycles. The SMILES string of the molecule is O=C1c2cc(OC(=O)C34CC5CC(CC(C5)C3)C4)c(Cl)cc2-c2cc(Cl)c(OC(=O)C34CC5CC(CC(C5)C3)C4)cc21. The minimum Gasteiger partial charge on any atom is -0.424 e. The Hall–Kier alpha value is -2.37. The van der Waals surface area contributed by atoms with Gasteiger partial charge in [0.05, 0.1) is 20.9 Å². The second-order valence-corrected chi connectivity index (χ2v) is 16.0. The van der Waals surface area contributed by atoms with Gasteiger partial charge in [0.15, 0.2) is 5.78 Å². The Kier molecular flexibility index (Phi) is 5.49. The van der Waals surface area contributed by atoms with Crippen LogP contribution in [-0.4, -0.2) is 17.7 Å². The summed E-state index contributed by atoms with van der Waals surface area (Å²) in [7, 11) is 0. The van der Waals surface area contributed by atoms with E-state index in [2.05, 4.69) is 0 Å². The summed E-state index contributed by atoms with van der Waals surface area (Å²) >= 11 is 13.3. The molecule has 42 heavy (non-hydrogen) atoms. The third kappa shape index (κ3) is 3.78. The van der Waals surface area contributed by atoms with Gasteiger partial charge in [0.25, 0.3) is 0 Å². The van der Waals surface area contributed by atoms with Gasteiger partial charge in [-0.1, -0.05) is 23.2 Å². The van der Waals surface area contributed by atoms with E-state index in [0.717, 1.165) is 38.5 Å². The van der Waals surface area contributed by atoms with E-state index in [0.29, 0.717) is 67.8 Å². The van der Waals surface area contributed by atoms with E-state index in [9.17, 15) is 14.4 Å². The van der Waals surface area contributed by atoms with Crippen molar-refractivity contribution in [3.8, 4) is 22.6 Å². The standard InChI is InChI=1S/C35H34Cl2O5/c36-27-7-23-24-8-28(37)30(42-33(40)35-14-20-4-21(15-35)6-22(5-20)16-35)10-26(24)31(38)25(23)9-29(27)41-32(39)34-11-17-1-18(12-34)3-19(2-17)13-34/h7-10,17-22H,1-6,11-16H2. The molecule has 7 heteroatoms. The molecule has 5 nitrogen and oxygen atoms in total. The quantitative estimate of drug-likeness (QED) is 0.221. The minimum absolute atomic E-state index is 0.201. The number of hydrogen-bond acceptors (Lipinski definition) is 5. The van der Waals surface area contributed by atoms with Crippen molar-refractivity contribution >= 4 is 40.9 Å². The second kappa shape index (κ2) is 8.85. The number of rotatable bonds is 4. The van der Waals surface area contributed by atoms with Gasteiger partial charge in [-0.2, -0.15) is 0 Å². The summed E-state index contributed by atoms with van der Waals surface area (Å²) in [6.07, 6.45) is 12.8. The van der Waals surface area contributed by atoms with Crippen LogP contribution in [-0.2, 0) is 9.59 Å². The molecule has 8 fully saturated rings. The van der Waals surface area contributed by atoms with Gasteiger partial charge in [-0.05, 0) is 148 Å². The van der Waals surface area contributed by atoms with Crippen molar-refractivity contribution in [2.75, 3.05) is 0 Å². The van der Waals surface area contributed by atoms with Crippen molar-refractivity contribution in [1.29, 1.82) is 0 Å². The van der Waals surface area contributed by atoms with E-state index >= 15 is 0 Å². The van der Waals surface area contributed by atoms with Gasteiger partial charge in [-0.25, -0.2) is 0 Å². The van der Waals surface area contributed by atoms with Crippen molar-refractivity contribution in [2.45, 2.75) is 77.0 Å². The Balaban J connectivity index is 0.981. The van der Waals surface area contributed by atoms with Crippen LogP contribution in [0.5, 0.6) is 11.5 Å². The van der Waals surface area contributed by atoms with Crippen LogP contribution in [0.2, 0.25) is 10.0 Å². The summed E-state index contributed by atoms with van der Waals surface area (Å²) in [5.74, 6) is 3.55. The van der Waals surface area contributed by atoms with E-state index in [1.54, 1.807) is 24.3 Å². The Bertz CT molecular complexity index is 1400. The van der Waals surface area contributed by atoms with Gasteiger partial charge >= 0.3 is 11.9 Å². The lowest BCUT2D eigenvalue weighted by Crippen LogP contribution is -2.51. The number of esters is 2. The van der Waals surface area contributed by atoms with E-state index in [-0.39, 0.29) is 29.2 Å². The summed E-state index contributed by atoms with van der Waals surface area (Å²) in [5.41, 5.74) is 1.29. The number of benzene rings is 2. The van der Waals surface area contributed by atoms with Crippen molar-refractivity contribution < 1.29 is 23.9 Å². The summed E-state index contributed by atoms with van der Waals surface area (Å²) in [5, 5.41) is 0.585. The fourth-order valence-corrected chi connectivity index (χ4v) is 11.8. The third-order valence-corrected chi connectivity index (χ3v) is 12.9. The molecule has 0 N–H and O–H groups in total. The smallest absolute Gasteiger partial charge is 0.317 e. The van der Waals surface area contributed by atoms with E-state index in [1.807, 2.05) is 0 Å². The zero-order valence-corrected chi connectivity index (χ0v) is 25.1. The molecule has 0 saturated heterocycles. The van der Waals surface area contributed by atoms with Gasteiger partial charge in [-0.15, -0.1) is 0 Å². The lowest BCUT2D eigenvalue weighted by atomic mass is 9.49. The average molecular weight is 606 g/mol. The summed E-state index contributed by atoms with van der Waals surface area (Å²) < 4.78 is 12.0. The van der Waals surface area contributed by atoms with Crippen LogP contribution in [0.3, 0.4) is 0 Å². The molecule has 8 saturated carbocycles. The Morgan fingerprint density at radius 2 is 0.857 bits per heavy atom. The Morgan fingerprint density at radius 1 is 0.548 bits per heavy atom. The second-order valence-electron chi connectivity index (χ2n) is 15.2. The molecular weight excluding hydrogens is 571 g/mol. The topological polar surface area (TPSA) is 69.7 Å². The average Bonchev–Trinajstić information content (AvgIpc) is 3.17. The molecule has 0 aromatic heterocycles. The van der Waals surface area contributed by atoms with Crippen LogP contribution in [0, 0.1) is 46.3 Å². The fraction of sp³-hybridized carbons (Fsp3) is 0.571. The van der Waals surface area contributed by atoms with E-state index < -0.39 is 10.8 Å². The lowest BCUT2D eigenvalue weighted by molar-refractivity contribution is -0.162. The van der Waals surface area contributed by atoms with Gasteiger partial charge in [0, 0.05) is 11.1 Å². The first-order chi connectivity index (χ1) is 20.2. The number of fused-ring (bicyclic) bond motifs is 3. The molecule has 0 heterocycles. The molecule has 2 aromatic rings. The van der Waals surface area contributed by atoms with Crippen molar-refractivity contribution in [3.63, 3.8) is 0 Å². The molecule has 11 rings (SSSR count). The fourth-order valence-electron chi connectivity index (χ4n) is 11.4. The largest absolute Gasteiger partial charge is 0.424 e. The number of ether oxygens (including phenoxy) is 2. The lowest BCUT2D eigenvalue weighted by Gasteiger charge is -2.55. The first-order valence-electron chi connectivity index (χ1n) is 15.8. The number of carbonyl (C=O) groups is 3. The van der Waals surface area contributed by atoms with Crippen LogP contribution < -0.4 is 9.47 Å². The van der Waals surface area contributed by atoms with Crippen LogP contribution in [0.1, 0.15) is 93.0 Å². The molecule has 9 aliphatic rings. The van der Waals surface area contributed by atoms with Crippen LogP contribution in [0.4, 0.5) is 0 Å². The maximum Gasteiger partial charge on any atom is 0.317 e. The highest BCUT2D eigenvalue weighted by atomic mass is 35.5. The molecule has 0 unspecified atom stereocenters. The van der Waals surface area contributed by atoms with Gasteiger partial charge in [0.1, 0.15) is 11.5 Å².